The van der Waals surface area contributed by atoms with E-state index in [1.54, 1.807) is 12.1 Å². The molecule has 3 N–H and O–H groups in total. The van der Waals surface area contributed by atoms with Crippen LogP contribution in [0.3, 0.4) is 0 Å². The molecule has 0 amide bonds. The van der Waals surface area contributed by atoms with Crippen LogP contribution in [0.25, 0.3) is 0 Å². The van der Waals surface area contributed by atoms with Gasteiger partial charge >= 0.3 is 18.1 Å². The Hall–Kier alpha value is -3.66. The first-order valence-corrected chi connectivity index (χ1v) is 15.0. The van der Waals surface area contributed by atoms with Crippen LogP contribution >= 0.6 is 0 Å². The summed E-state index contributed by atoms with van der Waals surface area (Å²) in [5.74, 6) is 1.30. The Morgan fingerprint density at radius 2 is 1.20 bits per heavy atom. The molecule has 0 unspecified atom stereocenters. The van der Waals surface area contributed by atoms with Gasteiger partial charge in [-0.3, -0.25) is 9.59 Å². The largest absolute Gasteiger partial charge is 0.507 e. The Bertz CT molecular complexity index is 1360. The van der Waals surface area contributed by atoms with Crippen LogP contribution in [-0.2, 0) is 47.6 Å². The maximum atomic E-state index is 11.6. The van der Waals surface area contributed by atoms with Crippen molar-refractivity contribution in [3.63, 3.8) is 0 Å². The van der Waals surface area contributed by atoms with Crippen molar-refractivity contribution in [2.45, 2.75) is 104 Å². The first kappa shape index (κ1) is 39.4. The lowest BCUT2D eigenvalue weighted by Crippen LogP contribution is -2.31. The van der Waals surface area contributed by atoms with Crippen molar-refractivity contribution in [2.75, 3.05) is 19.8 Å². The van der Waals surface area contributed by atoms with Gasteiger partial charge in [0.2, 0.25) is 0 Å². The van der Waals surface area contributed by atoms with Crippen LogP contribution in [0.1, 0.15) is 100 Å². The number of fused-ring (bicyclic) bond motifs is 2. The number of phenolic OH excluding ortho intramolecular Hbond substituents is 2. The number of aliphatic hydroxyl groups is 1. The summed E-state index contributed by atoms with van der Waals surface area (Å²) in [5, 5.41) is 29.3. The maximum Gasteiger partial charge on any atom is 0.373 e. The number of carbonyl (C=O) groups excluding carboxylic acids is 4. The van der Waals surface area contributed by atoms with Gasteiger partial charge in [-0.25, -0.2) is 0 Å². The molecule has 2 aromatic rings. The number of benzene rings is 2. The normalized spacial score (nSPS) is 16.6. The Kier molecular flexibility index (Phi) is 15.0. The average Bonchev–Trinajstić information content (AvgIpc) is 3.51. The molecule has 0 saturated carbocycles. The lowest BCUT2D eigenvalue weighted by Gasteiger charge is -2.33. The number of aliphatic hydroxyl groups excluding tert-OH is 1. The summed E-state index contributed by atoms with van der Waals surface area (Å²) < 4.78 is 15.6. The van der Waals surface area contributed by atoms with Crippen LogP contribution in [-0.4, -0.2) is 61.6 Å². The second kappa shape index (κ2) is 17.2. The molecule has 1 fully saturated rings. The summed E-state index contributed by atoms with van der Waals surface area (Å²) in [6.07, 6.45) is 5.33. The first-order chi connectivity index (χ1) is 20.6. The zero-order valence-electron chi connectivity index (χ0n) is 27.5. The molecule has 0 spiro atoms. The summed E-state index contributed by atoms with van der Waals surface area (Å²) in [5.41, 5.74) is 4.38. The molecular weight excluding hydrogens is 579 g/mol. The Labute approximate surface area is 267 Å². The van der Waals surface area contributed by atoms with Crippen molar-refractivity contribution in [1.29, 1.82) is 0 Å². The van der Waals surface area contributed by atoms with Crippen molar-refractivity contribution in [3.05, 3.63) is 45.5 Å². The van der Waals surface area contributed by atoms with Gasteiger partial charge in [-0.05, 0) is 80.3 Å². The number of hydrogen-bond donors (Lipinski definition) is 3. The van der Waals surface area contributed by atoms with E-state index < -0.39 is 0 Å². The molecule has 3 heterocycles. The summed E-state index contributed by atoms with van der Waals surface area (Å²) in [6, 6.07) is 3.52. The lowest BCUT2D eigenvalue weighted by atomic mass is 9.76. The number of phenols is 2. The predicted octanol–water partition coefficient (Wildman–Crippen LogP) is 4.89. The molecule has 45 heavy (non-hydrogen) atoms. The molecule has 11 heteroatoms. The van der Waals surface area contributed by atoms with E-state index in [9.17, 15) is 19.8 Å². The van der Waals surface area contributed by atoms with Gasteiger partial charge < -0.3 is 29.5 Å². The fourth-order valence-electron chi connectivity index (χ4n) is 5.98. The minimum atomic E-state index is -0.332. The summed E-state index contributed by atoms with van der Waals surface area (Å²) in [6.45, 7) is 15.7. The Morgan fingerprint density at radius 3 is 1.56 bits per heavy atom. The molecule has 3 radical (unpaired) electrons. The molecular formula is C34H46BO10. The minimum Gasteiger partial charge on any atom is -0.507 e. The molecule has 245 valence electrons. The van der Waals surface area contributed by atoms with Crippen molar-refractivity contribution < 1.29 is 48.7 Å². The quantitative estimate of drug-likeness (QED) is 0.243. The molecule has 0 bridgehead atoms. The fourth-order valence-corrected chi connectivity index (χ4v) is 5.98. The van der Waals surface area contributed by atoms with Crippen molar-refractivity contribution in [2.24, 2.45) is 0 Å². The molecule has 0 aromatic heterocycles. The van der Waals surface area contributed by atoms with Crippen molar-refractivity contribution >= 4 is 26.5 Å². The van der Waals surface area contributed by atoms with E-state index in [1.165, 1.54) is 12.8 Å². The van der Waals surface area contributed by atoms with Crippen molar-refractivity contribution in [1.82, 2.24) is 0 Å². The Morgan fingerprint density at radius 1 is 0.800 bits per heavy atom. The molecule has 3 aliphatic rings. The second-order valence-electron chi connectivity index (χ2n) is 12.4. The minimum absolute atomic E-state index is 0. The summed E-state index contributed by atoms with van der Waals surface area (Å²) in [7, 11) is 0. The SMILES string of the molecule is C1CCOC1.CCc1cc2c(c(C)c1O)C(C)(C)CC(=O)O2.Cc1c(O)c(CCCO)cc2c1C(C)(C)CC(=O)O2.O=C=O.[B]. The summed E-state index contributed by atoms with van der Waals surface area (Å²) >= 11 is 0. The highest BCUT2D eigenvalue weighted by molar-refractivity contribution is 5.79. The zero-order chi connectivity index (χ0) is 33.2. The number of rotatable bonds is 4. The van der Waals surface area contributed by atoms with E-state index in [-0.39, 0.29) is 49.7 Å². The third-order valence-electron chi connectivity index (χ3n) is 7.96. The summed E-state index contributed by atoms with van der Waals surface area (Å²) in [4.78, 5) is 39.4. The fraction of sp³-hybridized carbons (Fsp3) is 0.559. The van der Waals surface area contributed by atoms with Crippen LogP contribution in [0, 0.1) is 13.8 Å². The molecule has 10 nitrogen and oxygen atoms in total. The average molecular weight is 626 g/mol. The molecule has 0 aliphatic carbocycles. The number of ether oxygens (including phenoxy) is 3. The van der Waals surface area contributed by atoms with Gasteiger partial charge in [0, 0.05) is 50.2 Å². The van der Waals surface area contributed by atoms with E-state index >= 15 is 0 Å². The van der Waals surface area contributed by atoms with Crippen molar-refractivity contribution in [3.8, 4) is 23.0 Å². The molecule has 1 saturated heterocycles. The topological polar surface area (TPSA) is 157 Å². The highest BCUT2D eigenvalue weighted by atomic mass is 16.5. The van der Waals surface area contributed by atoms with E-state index in [0.717, 1.165) is 53.0 Å². The maximum absolute atomic E-state index is 11.6. The predicted molar refractivity (Wildman–Crippen MR) is 168 cm³/mol. The van der Waals surface area contributed by atoms with E-state index in [1.807, 2.05) is 48.5 Å². The van der Waals surface area contributed by atoms with Gasteiger partial charge in [-0.1, -0.05) is 34.6 Å². The monoisotopic (exact) mass is 625 g/mol. The van der Waals surface area contributed by atoms with Gasteiger partial charge in [-0.2, -0.15) is 9.59 Å². The van der Waals surface area contributed by atoms with Gasteiger partial charge in [0.25, 0.3) is 0 Å². The first-order valence-electron chi connectivity index (χ1n) is 15.0. The van der Waals surface area contributed by atoms with E-state index in [4.69, 9.17) is 28.9 Å². The highest BCUT2D eigenvalue weighted by Crippen LogP contribution is 2.46. The van der Waals surface area contributed by atoms with E-state index in [2.05, 4.69) is 0 Å². The van der Waals surface area contributed by atoms with Crippen LogP contribution < -0.4 is 9.47 Å². The lowest BCUT2D eigenvalue weighted by molar-refractivity contribution is -0.191. The number of hydrogen-bond acceptors (Lipinski definition) is 10. The standard InChI is InChI=1S/C15H20O4.C14H18O3.C4H8O.CO2.B/c1-9-13-11(19-12(17)8-15(13,2)3)7-10(14(9)18)5-4-6-16;1-5-9-6-10-12(8(2)13(9)16)14(3,4)7-11(15)17-10;1-2-4-5-3-1;2-1-3;/h7,16,18H,4-6,8H2,1-3H3;6,16H,5,7H2,1-4H3;1-4H2;;. The van der Waals surface area contributed by atoms with Crippen LogP contribution in [0.15, 0.2) is 12.1 Å². The zero-order valence-corrected chi connectivity index (χ0v) is 27.5. The van der Waals surface area contributed by atoms with Crippen LogP contribution in [0.2, 0.25) is 0 Å². The van der Waals surface area contributed by atoms with Crippen LogP contribution in [0.4, 0.5) is 0 Å². The highest BCUT2D eigenvalue weighted by Gasteiger charge is 2.37. The smallest absolute Gasteiger partial charge is 0.373 e. The molecule has 5 rings (SSSR count). The molecule has 3 aliphatic heterocycles. The number of esters is 2. The van der Waals surface area contributed by atoms with E-state index in [0.29, 0.717) is 42.9 Å². The Balaban J connectivity index is 0.000000357. The third kappa shape index (κ3) is 9.92. The molecule has 0 atom stereocenters. The van der Waals surface area contributed by atoms with Crippen LogP contribution in [0.5, 0.6) is 23.0 Å². The van der Waals surface area contributed by atoms with Gasteiger partial charge in [0.15, 0.2) is 0 Å². The number of carbonyl (C=O) groups is 2. The molecule has 2 aromatic carbocycles. The van der Waals surface area contributed by atoms with Gasteiger partial charge in [0.1, 0.15) is 23.0 Å². The number of aryl methyl sites for hydroxylation is 2. The third-order valence-corrected chi connectivity index (χ3v) is 7.96. The number of aromatic hydroxyl groups is 2. The van der Waals surface area contributed by atoms with Gasteiger partial charge in [-0.15, -0.1) is 0 Å². The van der Waals surface area contributed by atoms with Gasteiger partial charge in [0.05, 0.1) is 12.8 Å². The second-order valence-corrected chi connectivity index (χ2v) is 12.4.